The summed E-state index contributed by atoms with van der Waals surface area (Å²) in [6.07, 6.45) is 0. The first kappa shape index (κ1) is 31.6. The molecule has 0 spiro atoms. The molecule has 0 saturated heterocycles. The zero-order chi connectivity index (χ0) is 36.3. The lowest BCUT2D eigenvalue weighted by Crippen LogP contribution is -2.10. The van der Waals surface area contributed by atoms with Crippen LogP contribution >= 0.6 is 11.3 Å². The zero-order valence-electron chi connectivity index (χ0n) is 29.8. The van der Waals surface area contributed by atoms with E-state index in [0.717, 1.165) is 50.1 Å². The molecule has 2 nitrogen and oxygen atoms in total. The maximum atomic E-state index is 6.30. The first-order valence-corrected chi connectivity index (χ1v) is 19.5. The number of benzene rings is 9. The smallest absolute Gasteiger partial charge is 0.136 e. The fourth-order valence-corrected chi connectivity index (χ4v) is 9.47. The van der Waals surface area contributed by atoms with Gasteiger partial charge in [0.1, 0.15) is 11.2 Å². The van der Waals surface area contributed by atoms with E-state index in [1.54, 1.807) is 0 Å². The van der Waals surface area contributed by atoms with Crippen LogP contribution in [0, 0.1) is 0 Å². The fourth-order valence-electron chi connectivity index (χ4n) is 8.23. The van der Waals surface area contributed by atoms with Crippen LogP contribution in [0.15, 0.2) is 205 Å². The Bertz CT molecular complexity index is 3220. The van der Waals surface area contributed by atoms with Gasteiger partial charge in [0.05, 0.1) is 0 Å². The van der Waals surface area contributed by atoms with Crippen molar-refractivity contribution in [2.75, 3.05) is 4.90 Å². The van der Waals surface area contributed by atoms with Crippen LogP contribution in [0.2, 0.25) is 0 Å². The normalized spacial score (nSPS) is 11.6. The van der Waals surface area contributed by atoms with Gasteiger partial charge in [-0.25, -0.2) is 0 Å². The number of furan rings is 1. The Kier molecular flexibility index (Phi) is 7.39. The lowest BCUT2D eigenvalue weighted by molar-refractivity contribution is 0.669. The zero-order valence-corrected chi connectivity index (χ0v) is 30.6. The van der Waals surface area contributed by atoms with Gasteiger partial charge in [-0.3, -0.25) is 0 Å². The second kappa shape index (κ2) is 12.9. The van der Waals surface area contributed by atoms with Crippen LogP contribution in [-0.4, -0.2) is 0 Å². The van der Waals surface area contributed by atoms with E-state index in [9.17, 15) is 0 Å². The number of anilines is 3. The molecule has 9 aromatic carbocycles. The third-order valence-electron chi connectivity index (χ3n) is 10.8. The topological polar surface area (TPSA) is 16.4 Å². The molecule has 0 atom stereocenters. The average molecular weight is 720 g/mol. The van der Waals surface area contributed by atoms with Gasteiger partial charge in [-0.15, -0.1) is 11.3 Å². The minimum Gasteiger partial charge on any atom is -0.456 e. The van der Waals surface area contributed by atoms with E-state index < -0.39 is 0 Å². The van der Waals surface area contributed by atoms with Crippen molar-refractivity contribution in [3.63, 3.8) is 0 Å². The standard InChI is InChI=1S/C52H33NOS/c1-2-12-36-31-37(26-25-34(36)11-1)35-27-29-40(30-28-35)53(41-15-7-13-38(32-41)43-19-10-23-49-51(43)47-18-3-5-22-48(47)54-49)42-16-8-14-39(33-42)44-20-9-21-46-45-17-4-6-24-50(45)55-52(44)46/h1-33H. The Morgan fingerprint density at radius 2 is 0.982 bits per heavy atom. The van der Waals surface area contributed by atoms with E-state index in [0.29, 0.717) is 0 Å². The number of hydrogen-bond donors (Lipinski definition) is 0. The molecule has 55 heavy (non-hydrogen) atoms. The Hall–Kier alpha value is -6.94. The van der Waals surface area contributed by atoms with Crippen molar-refractivity contribution in [1.82, 2.24) is 0 Å². The molecular formula is C52H33NOS. The predicted molar refractivity (Wildman–Crippen MR) is 235 cm³/mol. The molecule has 258 valence electrons. The van der Waals surface area contributed by atoms with E-state index in [1.807, 2.05) is 23.5 Å². The molecule has 0 saturated carbocycles. The molecule has 0 fully saturated rings. The molecule has 11 aromatic rings. The fraction of sp³-hybridized carbons (Fsp3) is 0. The Labute approximate surface area is 322 Å². The van der Waals surface area contributed by atoms with Gasteiger partial charge in [-0.05, 0) is 105 Å². The van der Waals surface area contributed by atoms with Crippen LogP contribution < -0.4 is 4.90 Å². The summed E-state index contributed by atoms with van der Waals surface area (Å²) in [5.41, 5.74) is 12.2. The second-order valence-electron chi connectivity index (χ2n) is 14.1. The second-order valence-corrected chi connectivity index (χ2v) is 15.2. The lowest BCUT2D eigenvalue weighted by atomic mass is 9.98. The SMILES string of the molecule is c1cc(-c2cccc3c2sc2ccccc23)cc(N(c2ccc(-c3ccc4ccccc4c3)cc2)c2cccc(-c3cccc4oc5ccccc5c34)c2)c1. The number of para-hydroxylation sites is 1. The van der Waals surface area contributed by atoms with Gasteiger partial charge in [0.25, 0.3) is 0 Å². The Morgan fingerprint density at radius 3 is 1.82 bits per heavy atom. The van der Waals surface area contributed by atoms with Crippen LogP contribution in [-0.2, 0) is 0 Å². The molecule has 0 aliphatic heterocycles. The molecule has 0 bridgehead atoms. The van der Waals surface area contributed by atoms with Crippen LogP contribution in [0.5, 0.6) is 0 Å². The van der Waals surface area contributed by atoms with E-state index >= 15 is 0 Å². The van der Waals surface area contributed by atoms with E-state index in [-0.39, 0.29) is 0 Å². The van der Waals surface area contributed by atoms with E-state index in [1.165, 1.54) is 53.2 Å². The lowest BCUT2D eigenvalue weighted by Gasteiger charge is -2.27. The molecule has 0 amide bonds. The molecule has 11 rings (SSSR count). The number of rotatable bonds is 6. The molecule has 3 heteroatoms. The van der Waals surface area contributed by atoms with Gasteiger partial charge < -0.3 is 9.32 Å². The maximum absolute atomic E-state index is 6.30. The van der Waals surface area contributed by atoms with Gasteiger partial charge in [0.15, 0.2) is 0 Å². The van der Waals surface area contributed by atoms with E-state index in [4.69, 9.17) is 4.42 Å². The molecule has 0 radical (unpaired) electrons. The van der Waals surface area contributed by atoms with Crippen LogP contribution in [0.25, 0.3) is 86.3 Å². The number of nitrogens with zero attached hydrogens (tertiary/aromatic N) is 1. The van der Waals surface area contributed by atoms with Crippen molar-refractivity contribution in [3.05, 3.63) is 200 Å². The van der Waals surface area contributed by atoms with Crippen molar-refractivity contribution in [2.45, 2.75) is 0 Å². The number of hydrogen-bond acceptors (Lipinski definition) is 3. The highest BCUT2D eigenvalue weighted by molar-refractivity contribution is 7.26. The van der Waals surface area contributed by atoms with Crippen molar-refractivity contribution in [1.29, 1.82) is 0 Å². The molecule has 0 N–H and O–H groups in total. The number of thiophene rings is 1. The third-order valence-corrected chi connectivity index (χ3v) is 12.1. The summed E-state index contributed by atoms with van der Waals surface area (Å²) in [6, 6.07) is 72.3. The van der Waals surface area contributed by atoms with Gasteiger partial charge in [0.2, 0.25) is 0 Å². The van der Waals surface area contributed by atoms with Gasteiger partial charge in [-0.2, -0.15) is 0 Å². The Morgan fingerprint density at radius 1 is 0.364 bits per heavy atom. The monoisotopic (exact) mass is 719 g/mol. The molecule has 0 aliphatic carbocycles. The average Bonchev–Trinajstić information content (AvgIpc) is 3.83. The van der Waals surface area contributed by atoms with Crippen LogP contribution in [0.1, 0.15) is 0 Å². The van der Waals surface area contributed by atoms with Gasteiger partial charge >= 0.3 is 0 Å². The van der Waals surface area contributed by atoms with Crippen LogP contribution in [0.3, 0.4) is 0 Å². The van der Waals surface area contributed by atoms with Crippen molar-refractivity contribution < 1.29 is 4.42 Å². The summed E-state index contributed by atoms with van der Waals surface area (Å²) in [4.78, 5) is 2.38. The number of fused-ring (bicyclic) bond motifs is 7. The highest BCUT2D eigenvalue weighted by atomic mass is 32.1. The maximum Gasteiger partial charge on any atom is 0.136 e. The molecule has 0 unspecified atom stereocenters. The summed E-state index contributed by atoms with van der Waals surface area (Å²) in [6.45, 7) is 0. The molecular weight excluding hydrogens is 687 g/mol. The highest BCUT2D eigenvalue weighted by Gasteiger charge is 2.18. The summed E-state index contributed by atoms with van der Waals surface area (Å²) in [5, 5.41) is 7.37. The van der Waals surface area contributed by atoms with Gasteiger partial charge in [0, 0.05) is 48.0 Å². The summed E-state index contributed by atoms with van der Waals surface area (Å²) in [5.74, 6) is 0. The highest BCUT2D eigenvalue weighted by Crippen LogP contribution is 2.44. The predicted octanol–water partition coefficient (Wildman–Crippen LogP) is 15.6. The van der Waals surface area contributed by atoms with Crippen molar-refractivity contribution in [3.8, 4) is 33.4 Å². The van der Waals surface area contributed by atoms with Gasteiger partial charge in [-0.1, -0.05) is 140 Å². The van der Waals surface area contributed by atoms with Crippen molar-refractivity contribution >= 4 is 81.3 Å². The summed E-state index contributed by atoms with van der Waals surface area (Å²) in [7, 11) is 0. The Balaban J connectivity index is 1.07. The first-order chi connectivity index (χ1) is 27.2. The molecule has 0 aliphatic rings. The van der Waals surface area contributed by atoms with Crippen molar-refractivity contribution in [2.24, 2.45) is 0 Å². The molecule has 2 heterocycles. The third kappa shape index (κ3) is 5.40. The van der Waals surface area contributed by atoms with E-state index in [2.05, 4.69) is 193 Å². The quantitative estimate of drug-likeness (QED) is 0.170. The molecule has 2 aromatic heterocycles. The minimum atomic E-state index is 0.897. The van der Waals surface area contributed by atoms with Crippen LogP contribution in [0.4, 0.5) is 17.1 Å². The largest absolute Gasteiger partial charge is 0.456 e. The summed E-state index contributed by atoms with van der Waals surface area (Å²) >= 11 is 1.87. The minimum absolute atomic E-state index is 0.897. The summed E-state index contributed by atoms with van der Waals surface area (Å²) < 4.78 is 8.92. The first-order valence-electron chi connectivity index (χ1n) is 18.7.